The van der Waals surface area contributed by atoms with Crippen molar-refractivity contribution in [2.45, 2.75) is 69.9 Å². The number of nitrogens with one attached hydrogen (secondary N) is 1. The number of hydrogen-bond acceptors (Lipinski definition) is 3. The van der Waals surface area contributed by atoms with Crippen molar-refractivity contribution in [1.29, 1.82) is 0 Å². The maximum absolute atomic E-state index is 10.8. The van der Waals surface area contributed by atoms with Crippen molar-refractivity contribution in [3.05, 3.63) is 0 Å². The molecule has 4 nitrogen and oxygen atoms in total. The fourth-order valence-electron chi connectivity index (χ4n) is 4.01. The van der Waals surface area contributed by atoms with Crippen LogP contribution < -0.4 is 5.32 Å². The molecule has 2 saturated carbocycles. The van der Waals surface area contributed by atoms with Crippen LogP contribution in [0.3, 0.4) is 0 Å². The molecule has 0 bridgehead atoms. The van der Waals surface area contributed by atoms with Gasteiger partial charge >= 0.3 is 5.97 Å². The quantitative estimate of drug-likeness (QED) is 0.757. The number of aliphatic carboxylic acids is 1. The number of hydrogen-bond donors (Lipinski definition) is 2. The largest absolute Gasteiger partial charge is 0.481 e. The topological polar surface area (TPSA) is 52.6 Å². The third kappa shape index (κ3) is 4.19. The van der Waals surface area contributed by atoms with Crippen molar-refractivity contribution in [3.63, 3.8) is 0 Å². The summed E-state index contributed by atoms with van der Waals surface area (Å²) in [5.74, 6) is 0.825. The van der Waals surface area contributed by atoms with Crippen LogP contribution in [-0.4, -0.2) is 47.7 Å². The van der Waals surface area contributed by atoms with E-state index in [1.54, 1.807) is 0 Å². The monoisotopic (exact) mass is 294 g/mol. The summed E-state index contributed by atoms with van der Waals surface area (Å²) in [7, 11) is 0. The molecule has 1 heterocycles. The molecule has 1 aliphatic heterocycles. The van der Waals surface area contributed by atoms with Crippen LogP contribution in [0, 0.1) is 11.8 Å². The number of carboxylic acids is 1. The molecule has 0 radical (unpaired) electrons. The Labute approximate surface area is 128 Å². The van der Waals surface area contributed by atoms with Crippen molar-refractivity contribution >= 4 is 5.97 Å². The van der Waals surface area contributed by atoms with E-state index in [0.29, 0.717) is 18.4 Å². The van der Waals surface area contributed by atoms with Gasteiger partial charge in [-0.15, -0.1) is 0 Å². The summed E-state index contributed by atoms with van der Waals surface area (Å²) in [6, 6.07) is 1.37. The molecule has 0 spiro atoms. The average Bonchev–Trinajstić information content (AvgIpc) is 2.32. The zero-order valence-corrected chi connectivity index (χ0v) is 13.1. The Bertz CT molecular complexity index is 353. The highest BCUT2D eigenvalue weighted by Gasteiger charge is 2.34. The van der Waals surface area contributed by atoms with Gasteiger partial charge in [-0.25, -0.2) is 0 Å². The van der Waals surface area contributed by atoms with Gasteiger partial charge in [-0.1, -0.05) is 12.8 Å². The minimum Gasteiger partial charge on any atom is -0.481 e. The fourth-order valence-corrected chi connectivity index (χ4v) is 4.01. The fraction of sp³-hybridized carbons (Fsp3) is 0.941. The van der Waals surface area contributed by atoms with E-state index >= 15 is 0 Å². The molecule has 1 saturated heterocycles. The molecule has 0 aromatic rings. The standard InChI is InChI=1S/C17H30N2O2/c20-17(21)8-7-14-9-15(18-10-13-3-1-4-13)12-19(11-14)16-5-2-6-16/h13-16,18H,1-12H2,(H,20,21). The van der Waals surface area contributed by atoms with E-state index in [4.69, 9.17) is 5.11 Å². The van der Waals surface area contributed by atoms with E-state index in [1.807, 2.05) is 0 Å². The van der Waals surface area contributed by atoms with Crippen molar-refractivity contribution in [2.24, 2.45) is 11.8 Å². The zero-order chi connectivity index (χ0) is 14.7. The highest BCUT2D eigenvalue weighted by molar-refractivity contribution is 5.66. The number of rotatable bonds is 7. The van der Waals surface area contributed by atoms with E-state index in [1.165, 1.54) is 58.0 Å². The molecule has 120 valence electrons. The Kier molecular flexibility index (Phi) is 5.17. The van der Waals surface area contributed by atoms with Gasteiger partial charge in [-0.2, -0.15) is 0 Å². The van der Waals surface area contributed by atoms with Crippen LogP contribution in [0.25, 0.3) is 0 Å². The molecular weight excluding hydrogens is 264 g/mol. The van der Waals surface area contributed by atoms with Crippen LogP contribution in [0.4, 0.5) is 0 Å². The van der Waals surface area contributed by atoms with Gasteiger partial charge in [-0.3, -0.25) is 9.69 Å². The van der Waals surface area contributed by atoms with Gasteiger partial charge in [-0.05, 0) is 56.9 Å². The first kappa shape index (κ1) is 15.3. The van der Waals surface area contributed by atoms with Gasteiger partial charge in [0.05, 0.1) is 0 Å². The maximum Gasteiger partial charge on any atom is 0.303 e. The van der Waals surface area contributed by atoms with Gasteiger partial charge in [0, 0.05) is 31.6 Å². The maximum atomic E-state index is 10.8. The Morgan fingerprint density at radius 1 is 1.10 bits per heavy atom. The van der Waals surface area contributed by atoms with E-state index in [0.717, 1.165) is 24.9 Å². The Morgan fingerprint density at radius 2 is 1.86 bits per heavy atom. The molecule has 3 rings (SSSR count). The molecule has 0 aromatic carbocycles. The lowest BCUT2D eigenvalue weighted by Gasteiger charge is -2.46. The van der Waals surface area contributed by atoms with E-state index in [-0.39, 0.29) is 0 Å². The lowest BCUT2D eigenvalue weighted by atomic mass is 9.83. The second kappa shape index (κ2) is 7.10. The Hall–Kier alpha value is -0.610. The number of nitrogens with zero attached hydrogens (tertiary/aromatic N) is 1. The summed E-state index contributed by atoms with van der Waals surface area (Å²) >= 11 is 0. The number of carbonyl (C=O) groups is 1. The SMILES string of the molecule is O=C(O)CCC1CC(NCC2CCC2)CN(C2CCC2)C1. The molecule has 3 aliphatic rings. The van der Waals surface area contributed by atoms with Crippen LogP contribution >= 0.6 is 0 Å². The van der Waals surface area contributed by atoms with Crippen molar-refractivity contribution in [1.82, 2.24) is 10.2 Å². The van der Waals surface area contributed by atoms with Crippen LogP contribution in [-0.2, 0) is 4.79 Å². The number of carboxylic acid groups (broad SMARTS) is 1. The molecular formula is C17H30N2O2. The first-order valence-electron chi connectivity index (χ1n) is 8.90. The predicted molar refractivity (Wildman–Crippen MR) is 83.3 cm³/mol. The van der Waals surface area contributed by atoms with Crippen LogP contribution in [0.1, 0.15) is 57.8 Å². The molecule has 2 unspecified atom stereocenters. The lowest BCUT2D eigenvalue weighted by Crippen LogP contribution is -2.55. The summed E-state index contributed by atoms with van der Waals surface area (Å²) in [5, 5.41) is 12.7. The summed E-state index contributed by atoms with van der Waals surface area (Å²) in [5.41, 5.74) is 0. The molecule has 3 fully saturated rings. The van der Waals surface area contributed by atoms with Crippen molar-refractivity contribution in [3.8, 4) is 0 Å². The molecule has 0 aromatic heterocycles. The Morgan fingerprint density at radius 3 is 2.43 bits per heavy atom. The van der Waals surface area contributed by atoms with Crippen LogP contribution in [0.15, 0.2) is 0 Å². The molecule has 2 atom stereocenters. The Balaban J connectivity index is 1.49. The number of piperidine rings is 1. The molecule has 2 N–H and O–H groups in total. The lowest BCUT2D eigenvalue weighted by molar-refractivity contribution is -0.137. The van der Waals surface area contributed by atoms with Gasteiger partial charge in [0.25, 0.3) is 0 Å². The third-order valence-electron chi connectivity index (χ3n) is 5.84. The van der Waals surface area contributed by atoms with Gasteiger partial charge in [0.1, 0.15) is 0 Å². The second-order valence-corrected chi connectivity index (χ2v) is 7.47. The summed E-state index contributed by atoms with van der Waals surface area (Å²) < 4.78 is 0. The zero-order valence-electron chi connectivity index (χ0n) is 13.1. The molecule has 4 heteroatoms. The van der Waals surface area contributed by atoms with Gasteiger partial charge in [0.15, 0.2) is 0 Å². The first-order valence-corrected chi connectivity index (χ1v) is 8.90. The summed E-state index contributed by atoms with van der Waals surface area (Å²) in [4.78, 5) is 13.5. The average molecular weight is 294 g/mol. The van der Waals surface area contributed by atoms with E-state index in [2.05, 4.69) is 10.2 Å². The van der Waals surface area contributed by atoms with Crippen LogP contribution in [0.2, 0.25) is 0 Å². The van der Waals surface area contributed by atoms with E-state index in [9.17, 15) is 4.79 Å². The van der Waals surface area contributed by atoms with Gasteiger partial charge < -0.3 is 10.4 Å². The highest BCUT2D eigenvalue weighted by Crippen LogP contribution is 2.31. The normalized spacial score (nSPS) is 31.6. The van der Waals surface area contributed by atoms with Crippen LogP contribution in [0.5, 0.6) is 0 Å². The molecule has 0 amide bonds. The minimum atomic E-state index is -0.644. The molecule has 2 aliphatic carbocycles. The van der Waals surface area contributed by atoms with Crippen molar-refractivity contribution in [2.75, 3.05) is 19.6 Å². The second-order valence-electron chi connectivity index (χ2n) is 7.47. The first-order chi connectivity index (χ1) is 10.2. The highest BCUT2D eigenvalue weighted by atomic mass is 16.4. The summed E-state index contributed by atoms with van der Waals surface area (Å²) in [6.07, 6.45) is 10.6. The number of likely N-dealkylation sites (tertiary alicyclic amines) is 1. The molecule has 21 heavy (non-hydrogen) atoms. The van der Waals surface area contributed by atoms with Crippen molar-refractivity contribution < 1.29 is 9.90 Å². The smallest absolute Gasteiger partial charge is 0.303 e. The summed E-state index contributed by atoms with van der Waals surface area (Å²) in [6.45, 7) is 3.48. The minimum absolute atomic E-state index is 0.332. The third-order valence-corrected chi connectivity index (χ3v) is 5.84. The predicted octanol–water partition coefficient (Wildman–Crippen LogP) is 2.48. The van der Waals surface area contributed by atoms with Gasteiger partial charge in [0.2, 0.25) is 0 Å². The van der Waals surface area contributed by atoms with E-state index < -0.39 is 5.97 Å².